The van der Waals surface area contributed by atoms with E-state index < -0.39 is 5.60 Å². The number of rotatable bonds is 3. The smallest absolute Gasteiger partial charge is 0.410 e. The van der Waals surface area contributed by atoms with Crippen molar-refractivity contribution >= 4 is 17.4 Å². The Morgan fingerprint density at radius 3 is 2.83 bits per heavy atom. The van der Waals surface area contributed by atoms with E-state index in [0.717, 1.165) is 38.8 Å². The molecule has 0 aromatic carbocycles. The van der Waals surface area contributed by atoms with Gasteiger partial charge in [-0.05, 0) is 75.3 Å². The average molecular weight is 337 g/mol. The third kappa shape index (κ3) is 3.89. The predicted molar refractivity (Wildman–Crippen MR) is 93.7 cm³/mol. The number of carbonyl (C=O) groups excluding carboxylic acids is 1. The Morgan fingerprint density at radius 1 is 1.48 bits per heavy atom. The van der Waals surface area contributed by atoms with Gasteiger partial charge in [0.05, 0.1) is 0 Å². The summed E-state index contributed by atoms with van der Waals surface area (Å²) in [5, 5.41) is 8.00. The van der Waals surface area contributed by atoms with E-state index in [1.807, 2.05) is 25.7 Å². The molecule has 0 radical (unpaired) electrons. The Kier molecular flexibility index (Phi) is 4.70. The lowest BCUT2D eigenvalue weighted by Gasteiger charge is -2.54. The molecule has 3 rings (SSSR count). The molecule has 1 unspecified atom stereocenters. The van der Waals surface area contributed by atoms with E-state index in [0.29, 0.717) is 6.04 Å². The minimum atomic E-state index is -0.421. The van der Waals surface area contributed by atoms with Crippen molar-refractivity contribution < 1.29 is 9.53 Å². The first-order valence-electron chi connectivity index (χ1n) is 8.63. The van der Waals surface area contributed by atoms with Crippen LogP contribution in [0, 0.1) is 0 Å². The summed E-state index contributed by atoms with van der Waals surface area (Å²) < 4.78 is 5.63. The monoisotopic (exact) mass is 336 g/mol. The van der Waals surface area contributed by atoms with Crippen LogP contribution in [0.2, 0.25) is 0 Å². The second kappa shape index (κ2) is 6.44. The third-order valence-corrected chi connectivity index (χ3v) is 5.71. The van der Waals surface area contributed by atoms with Gasteiger partial charge in [0.1, 0.15) is 5.60 Å². The van der Waals surface area contributed by atoms with E-state index in [1.165, 1.54) is 12.0 Å². The largest absolute Gasteiger partial charge is 0.444 e. The van der Waals surface area contributed by atoms with Gasteiger partial charge < -0.3 is 15.0 Å². The van der Waals surface area contributed by atoms with Gasteiger partial charge >= 0.3 is 6.09 Å². The second-order valence-electron chi connectivity index (χ2n) is 7.91. The summed E-state index contributed by atoms with van der Waals surface area (Å²) in [5.41, 5.74) is 0.968. The Labute approximate surface area is 143 Å². The number of hydrogen-bond donors (Lipinski definition) is 1. The van der Waals surface area contributed by atoms with Crippen LogP contribution in [0.25, 0.3) is 0 Å². The molecule has 1 aliphatic heterocycles. The maximum Gasteiger partial charge on any atom is 0.410 e. The molecular formula is C18H28N2O2S. The van der Waals surface area contributed by atoms with Crippen LogP contribution in [-0.4, -0.2) is 34.7 Å². The van der Waals surface area contributed by atoms with Gasteiger partial charge in [0.25, 0.3) is 0 Å². The van der Waals surface area contributed by atoms with Crippen molar-refractivity contribution in [3.63, 3.8) is 0 Å². The molecule has 1 saturated heterocycles. The number of likely N-dealkylation sites (tertiary alicyclic amines) is 1. The molecule has 1 aromatic heterocycles. The SMILES string of the molecule is CC(C)(C)OC(=O)N1CCC(NCc2ccsc2)CC12CCC2. The molecule has 1 aliphatic carbocycles. The Hall–Kier alpha value is -1.07. The van der Waals surface area contributed by atoms with Crippen LogP contribution in [0.15, 0.2) is 16.8 Å². The number of nitrogens with zero attached hydrogens (tertiary/aromatic N) is 1. The minimum Gasteiger partial charge on any atom is -0.444 e. The van der Waals surface area contributed by atoms with E-state index in [2.05, 4.69) is 22.1 Å². The molecule has 1 spiro atoms. The Morgan fingerprint density at radius 2 is 2.26 bits per heavy atom. The normalized spacial score (nSPS) is 23.6. The molecule has 1 atom stereocenters. The van der Waals surface area contributed by atoms with Crippen LogP contribution in [0.1, 0.15) is 58.4 Å². The summed E-state index contributed by atoms with van der Waals surface area (Å²) in [5.74, 6) is 0. The number of hydrogen-bond acceptors (Lipinski definition) is 4. The van der Waals surface area contributed by atoms with Crippen LogP contribution >= 0.6 is 11.3 Å². The van der Waals surface area contributed by atoms with Gasteiger partial charge in [-0.25, -0.2) is 4.79 Å². The molecule has 2 aliphatic rings. The summed E-state index contributed by atoms with van der Waals surface area (Å²) in [6, 6.07) is 2.67. The molecule has 1 aromatic rings. The van der Waals surface area contributed by atoms with Gasteiger partial charge in [-0.3, -0.25) is 0 Å². The van der Waals surface area contributed by atoms with Crippen LogP contribution in [-0.2, 0) is 11.3 Å². The zero-order valence-corrected chi connectivity index (χ0v) is 15.2. The molecule has 5 heteroatoms. The molecule has 1 N–H and O–H groups in total. The maximum absolute atomic E-state index is 12.6. The van der Waals surface area contributed by atoms with Crippen molar-refractivity contribution in [2.75, 3.05) is 6.54 Å². The fourth-order valence-electron chi connectivity index (χ4n) is 3.68. The van der Waals surface area contributed by atoms with Crippen molar-refractivity contribution in [3.8, 4) is 0 Å². The maximum atomic E-state index is 12.6. The molecule has 128 valence electrons. The van der Waals surface area contributed by atoms with Crippen LogP contribution in [0.3, 0.4) is 0 Å². The van der Waals surface area contributed by atoms with Crippen molar-refractivity contribution in [3.05, 3.63) is 22.4 Å². The molecule has 23 heavy (non-hydrogen) atoms. The zero-order chi connectivity index (χ0) is 16.5. The number of ether oxygens (including phenoxy) is 1. The predicted octanol–water partition coefficient (Wildman–Crippen LogP) is 4.16. The van der Waals surface area contributed by atoms with Gasteiger partial charge in [0.15, 0.2) is 0 Å². The lowest BCUT2D eigenvalue weighted by Crippen LogP contribution is -2.63. The van der Waals surface area contributed by atoms with Gasteiger partial charge in [-0.15, -0.1) is 0 Å². The number of piperidine rings is 1. The van der Waals surface area contributed by atoms with E-state index >= 15 is 0 Å². The van der Waals surface area contributed by atoms with Gasteiger partial charge in [-0.1, -0.05) is 0 Å². The Balaban J connectivity index is 1.59. The van der Waals surface area contributed by atoms with Crippen molar-refractivity contribution in [1.82, 2.24) is 10.2 Å². The zero-order valence-electron chi connectivity index (χ0n) is 14.4. The van der Waals surface area contributed by atoms with Gasteiger partial charge in [0, 0.05) is 24.7 Å². The van der Waals surface area contributed by atoms with E-state index in [4.69, 9.17) is 4.74 Å². The fraction of sp³-hybridized carbons (Fsp3) is 0.722. The quantitative estimate of drug-likeness (QED) is 0.901. The second-order valence-corrected chi connectivity index (χ2v) is 8.69. The van der Waals surface area contributed by atoms with Gasteiger partial charge in [-0.2, -0.15) is 11.3 Å². The highest BCUT2D eigenvalue weighted by Crippen LogP contribution is 2.45. The first-order chi connectivity index (χ1) is 10.9. The topological polar surface area (TPSA) is 41.6 Å². The molecule has 0 bridgehead atoms. The van der Waals surface area contributed by atoms with Crippen LogP contribution < -0.4 is 5.32 Å². The average Bonchev–Trinajstić information content (AvgIpc) is 2.94. The van der Waals surface area contributed by atoms with Crippen LogP contribution in [0.5, 0.6) is 0 Å². The highest BCUT2D eigenvalue weighted by Gasteiger charge is 2.49. The molecule has 4 nitrogen and oxygen atoms in total. The lowest BCUT2D eigenvalue weighted by molar-refractivity contribution is -0.0494. The molecule has 1 amide bonds. The van der Waals surface area contributed by atoms with Crippen molar-refractivity contribution in [2.45, 2.75) is 76.6 Å². The number of amides is 1. The fourth-order valence-corrected chi connectivity index (χ4v) is 4.35. The highest BCUT2D eigenvalue weighted by atomic mass is 32.1. The summed E-state index contributed by atoms with van der Waals surface area (Å²) in [4.78, 5) is 14.6. The number of nitrogens with one attached hydrogen (secondary N) is 1. The molecular weight excluding hydrogens is 308 g/mol. The van der Waals surface area contributed by atoms with E-state index in [1.54, 1.807) is 11.3 Å². The van der Waals surface area contributed by atoms with Crippen molar-refractivity contribution in [1.29, 1.82) is 0 Å². The molecule has 1 saturated carbocycles. The molecule has 2 heterocycles. The highest BCUT2D eigenvalue weighted by molar-refractivity contribution is 7.07. The van der Waals surface area contributed by atoms with E-state index in [9.17, 15) is 4.79 Å². The summed E-state index contributed by atoms with van der Waals surface area (Å²) in [7, 11) is 0. The van der Waals surface area contributed by atoms with Crippen molar-refractivity contribution in [2.24, 2.45) is 0 Å². The van der Waals surface area contributed by atoms with Gasteiger partial charge in [0.2, 0.25) is 0 Å². The summed E-state index contributed by atoms with van der Waals surface area (Å²) >= 11 is 1.74. The lowest BCUT2D eigenvalue weighted by atomic mass is 9.69. The van der Waals surface area contributed by atoms with E-state index in [-0.39, 0.29) is 11.6 Å². The van der Waals surface area contributed by atoms with Crippen LogP contribution in [0.4, 0.5) is 4.79 Å². The Bertz CT molecular complexity index is 532. The minimum absolute atomic E-state index is 0.0346. The number of thiophene rings is 1. The third-order valence-electron chi connectivity index (χ3n) is 4.97. The first-order valence-corrected chi connectivity index (χ1v) is 9.57. The summed E-state index contributed by atoms with van der Waals surface area (Å²) in [6.45, 7) is 7.54. The number of carbonyl (C=O) groups is 1. The summed E-state index contributed by atoms with van der Waals surface area (Å²) in [6.07, 6.45) is 5.37. The molecule has 2 fully saturated rings. The first kappa shape index (κ1) is 16.8. The standard InChI is InChI=1S/C18H28N2O2S/c1-17(2,3)22-16(21)20-9-5-15(11-18(20)7-4-8-18)19-12-14-6-10-23-13-14/h6,10,13,15,19H,4-5,7-9,11-12H2,1-3H3.